The van der Waals surface area contributed by atoms with E-state index in [1.165, 1.54) is 12.1 Å². The maximum absolute atomic E-state index is 12.9. The summed E-state index contributed by atoms with van der Waals surface area (Å²) >= 11 is 0. The van der Waals surface area contributed by atoms with Gasteiger partial charge in [0.25, 0.3) is 0 Å². The van der Waals surface area contributed by atoms with Gasteiger partial charge in [0.1, 0.15) is 11.9 Å². The lowest BCUT2D eigenvalue weighted by molar-refractivity contribution is -0.127. The van der Waals surface area contributed by atoms with Gasteiger partial charge in [0.15, 0.2) is 0 Å². The molecule has 23 heavy (non-hydrogen) atoms. The van der Waals surface area contributed by atoms with Crippen LogP contribution in [0, 0.1) is 5.82 Å². The van der Waals surface area contributed by atoms with Crippen LogP contribution >= 0.6 is 0 Å². The first kappa shape index (κ1) is 16.7. The van der Waals surface area contributed by atoms with E-state index in [4.69, 9.17) is 5.73 Å². The summed E-state index contributed by atoms with van der Waals surface area (Å²) in [5.74, 6) is -1.31. The van der Waals surface area contributed by atoms with Gasteiger partial charge >= 0.3 is 0 Å². The molecule has 2 aromatic rings. The summed E-state index contributed by atoms with van der Waals surface area (Å²) in [6.45, 7) is 1.87. The van der Waals surface area contributed by atoms with Crippen LogP contribution in [0.1, 0.15) is 36.4 Å². The van der Waals surface area contributed by atoms with Crippen molar-refractivity contribution in [3.8, 4) is 0 Å². The van der Waals surface area contributed by atoms with Gasteiger partial charge in [-0.1, -0.05) is 49.4 Å². The van der Waals surface area contributed by atoms with E-state index in [1.807, 2.05) is 13.0 Å². The van der Waals surface area contributed by atoms with E-state index in [-0.39, 0.29) is 24.1 Å². The van der Waals surface area contributed by atoms with Crippen LogP contribution in [0.15, 0.2) is 54.6 Å². The molecule has 0 aromatic heterocycles. The fraction of sp³-hybridized carbons (Fsp3) is 0.222. The van der Waals surface area contributed by atoms with E-state index < -0.39 is 11.9 Å². The van der Waals surface area contributed by atoms with Crippen molar-refractivity contribution in [3.05, 3.63) is 71.5 Å². The number of carbonyl (C=O) groups is 2. The molecule has 5 heteroatoms. The quantitative estimate of drug-likeness (QED) is 0.860. The number of amides is 2. The third-order valence-corrected chi connectivity index (χ3v) is 3.65. The summed E-state index contributed by atoms with van der Waals surface area (Å²) in [5.41, 5.74) is 6.88. The second-order valence-corrected chi connectivity index (χ2v) is 5.47. The molecule has 2 aromatic carbocycles. The molecule has 0 aliphatic carbocycles. The Labute approximate surface area is 134 Å². The molecule has 3 N–H and O–H groups in total. The first-order valence-electron chi connectivity index (χ1n) is 7.36. The standard InChI is InChI=1S/C18H19FN2O2/c1-12(13-7-9-15(19)10-8-13)11-16(22)21-17(18(20)23)14-5-3-2-4-6-14/h2-10,12,17H,11H2,1H3,(H2,20,23)(H,21,22). The molecule has 2 amide bonds. The van der Waals surface area contributed by atoms with Crippen molar-refractivity contribution >= 4 is 11.8 Å². The van der Waals surface area contributed by atoms with Crippen LogP contribution < -0.4 is 11.1 Å². The number of nitrogens with two attached hydrogens (primary N) is 1. The van der Waals surface area contributed by atoms with E-state index in [0.29, 0.717) is 5.56 Å². The van der Waals surface area contributed by atoms with Gasteiger partial charge in [-0.25, -0.2) is 4.39 Å². The van der Waals surface area contributed by atoms with Gasteiger partial charge < -0.3 is 11.1 Å². The minimum atomic E-state index is -0.857. The molecule has 0 radical (unpaired) electrons. The van der Waals surface area contributed by atoms with Crippen LogP contribution in [0.5, 0.6) is 0 Å². The smallest absolute Gasteiger partial charge is 0.244 e. The number of halogens is 1. The largest absolute Gasteiger partial charge is 0.368 e. The minimum Gasteiger partial charge on any atom is -0.368 e. The van der Waals surface area contributed by atoms with E-state index in [0.717, 1.165) is 5.56 Å². The van der Waals surface area contributed by atoms with Crippen LogP contribution in [0.25, 0.3) is 0 Å². The Morgan fingerprint density at radius 1 is 1.04 bits per heavy atom. The average Bonchev–Trinajstić information content (AvgIpc) is 2.53. The molecule has 2 atom stereocenters. The van der Waals surface area contributed by atoms with Gasteiger partial charge in [0, 0.05) is 6.42 Å². The maximum Gasteiger partial charge on any atom is 0.244 e. The highest BCUT2D eigenvalue weighted by Crippen LogP contribution is 2.20. The molecule has 0 saturated heterocycles. The number of hydrogen-bond acceptors (Lipinski definition) is 2. The van der Waals surface area contributed by atoms with Gasteiger partial charge in [-0.05, 0) is 29.2 Å². The fourth-order valence-corrected chi connectivity index (χ4v) is 2.37. The van der Waals surface area contributed by atoms with E-state index in [1.54, 1.807) is 36.4 Å². The third-order valence-electron chi connectivity index (χ3n) is 3.65. The summed E-state index contributed by atoms with van der Waals surface area (Å²) in [5, 5.41) is 2.66. The number of benzene rings is 2. The summed E-state index contributed by atoms with van der Waals surface area (Å²) in [4.78, 5) is 23.8. The van der Waals surface area contributed by atoms with E-state index >= 15 is 0 Å². The zero-order valence-corrected chi connectivity index (χ0v) is 12.8. The molecule has 2 rings (SSSR count). The first-order valence-corrected chi connectivity index (χ1v) is 7.36. The lowest BCUT2D eigenvalue weighted by Crippen LogP contribution is -2.37. The van der Waals surface area contributed by atoms with Crippen LogP contribution in [0.4, 0.5) is 4.39 Å². The van der Waals surface area contributed by atoms with E-state index in [9.17, 15) is 14.0 Å². The van der Waals surface area contributed by atoms with Crippen molar-refractivity contribution in [2.75, 3.05) is 0 Å². The molecular weight excluding hydrogens is 295 g/mol. The number of hydrogen-bond donors (Lipinski definition) is 2. The summed E-state index contributed by atoms with van der Waals surface area (Å²) < 4.78 is 12.9. The van der Waals surface area contributed by atoms with Crippen molar-refractivity contribution in [1.82, 2.24) is 5.32 Å². The molecule has 0 fully saturated rings. The Balaban J connectivity index is 2.02. The zero-order valence-electron chi connectivity index (χ0n) is 12.8. The molecule has 0 heterocycles. The summed E-state index contributed by atoms with van der Waals surface area (Å²) in [6.07, 6.45) is 0.183. The number of rotatable bonds is 6. The molecule has 0 saturated carbocycles. The van der Waals surface area contributed by atoms with Gasteiger partial charge in [0.2, 0.25) is 11.8 Å². The lowest BCUT2D eigenvalue weighted by atomic mass is 9.97. The molecule has 0 bridgehead atoms. The third kappa shape index (κ3) is 4.64. The molecule has 0 aliphatic heterocycles. The fourth-order valence-electron chi connectivity index (χ4n) is 2.37. The van der Waals surface area contributed by atoms with Crippen molar-refractivity contribution in [2.45, 2.75) is 25.3 Å². The monoisotopic (exact) mass is 314 g/mol. The Bertz CT molecular complexity index is 671. The molecular formula is C18H19FN2O2. The van der Waals surface area contributed by atoms with Gasteiger partial charge in [0.05, 0.1) is 0 Å². The molecule has 2 unspecified atom stereocenters. The number of carbonyl (C=O) groups excluding carboxylic acids is 2. The van der Waals surface area contributed by atoms with Gasteiger partial charge in [-0.15, -0.1) is 0 Å². The second kappa shape index (κ2) is 7.54. The molecule has 0 aliphatic rings. The molecule has 4 nitrogen and oxygen atoms in total. The minimum absolute atomic E-state index is 0.0973. The van der Waals surface area contributed by atoms with Crippen LogP contribution in [0.2, 0.25) is 0 Å². The normalized spacial score (nSPS) is 13.1. The highest BCUT2D eigenvalue weighted by atomic mass is 19.1. The first-order chi connectivity index (χ1) is 11.0. The second-order valence-electron chi connectivity index (χ2n) is 5.47. The average molecular weight is 314 g/mol. The predicted molar refractivity (Wildman–Crippen MR) is 86.0 cm³/mol. The lowest BCUT2D eigenvalue weighted by Gasteiger charge is -2.18. The summed E-state index contributed by atoms with van der Waals surface area (Å²) in [7, 11) is 0. The SMILES string of the molecule is CC(CC(=O)NC(C(N)=O)c1ccccc1)c1ccc(F)cc1. The van der Waals surface area contributed by atoms with Crippen molar-refractivity contribution in [1.29, 1.82) is 0 Å². The van der Waals surface area contributed by atoms with Crippen molar-refractivity contribution in [2.24, 2.45) is 5.73 Å². The predicted octanol–water partition coefficient (Wildman–Crippen LogP) is 2.66. The summed E-state index contributed by atoms with van der Waals surface area (Å²) in [6, 6.07) is 14.0. The van der Waals surface area contributed by atoms with Crippen molar-refractivity contribution < 1.29 is 14.0 Å². The molecule has 0 spiro atoms. The van der Waals surface area contributed by atoms with Crippen LogP contribution in [-0.2, 0) is 9.59 Å². The van der Waals surface area contributed by atoms with Crippen LogP contribution in [-0.4, -0.2) is 11.8 Å². The Morgan fingerprint density at radius 2 is 1.65 bits per heavy atom. The highest BCUT2D eigenvalue weighted by molar-refractivity contribution is 5.87. The van der Waals surface area contributed by atoms with E-state index in [2.05, 4.69) is 5.32 Å². The van der Waals surface area contributed by atoms with Crippen LogP contribution in [0.3, 0.4) is 0 Å². The molecule has 120 valence electrons. The van der Waals surface area contributed by atoms with Gasteiger partial charge in [-0.2, -0.15) is 0 Å². The highest BCUT2D eigenvalue weighted by Gasteiger charge is 2.21. The maximum atomic E-state index is 12.9. The Kier molecular flexibility index (Phi) is 5.46. The Hall–Kier alpha value is -2.69. The Morgan fingerprint density at radius 3 is 2.22 bits per heavy atom. The van der Waals surface area contributed by atoms with Crippen molar-refractivity contribution in [3.63, 3.8) is 0 Å². The number of nitrogens with one attached hydrogen (secondary N) is 1. The zero-order chi connectivity index (χ0) is 16.8. The number of primary amides is 1. The van der Waals surface area contributed by atoms with Gasteiger partial charge in [-0.3, -0.25) is 9.59 Å². The topological polar surface area (TPSA) is 72.2 Å².